The minimum atomic E-state index is -0.833. The van der Waals surface area contributed by atoms with Gasteiger partial charge in [-0.05, 0) is 25.7 Å². The molecule has 0 spiro atoms. The molecule has 2 aliphatic rings. The number of ketones is 1. The van der Waals surface area contributed by atoms with Gasteiger partial charge in [-0.3, -0.25) is 9.59 Å². The van der Waals surface area contributed by atoms with E-state index in [1.807, 2.05) is 0 Å². The molecule has 0 heterocycles. The molecule has 96 valence electrons. The SMILES string of the molecule is CC(=O)O.O=C1CCC1.OC1CCC1.[Na+].[O-]Cl. The van der Waals surface area contributed by atoms with E-state index in [1.54, 1.807) is 0 Å². The van der Waals surface area contributed by atoms with Gasteiger partial charge in [0, 0.05) is 19.8 Å². The number of halogens is 1. The average molecular weight is 277 g/mol. The van der Waals surface area contributed by atoms with Gasteiger partial charge in [0.1, 0.15) is 5.78 Å². The van der Waals surface area contributed by atoms with Crippen LogP contribution in [0.15, 0.2) is 0 Å². The van der Waals surface area contributed by atoms with Crippen molar-refractivity contribution in [1.29, 1.82) is 0 Å². The number of carboxylic acids is 1. The number of aliphatic hydroxyl groups excluding tert-OH is 1. The van der Waals surface area contributed by atoms with Gasteiger partial charge in [-0.1, -0.05) is 0 Å². The molecule has 0 aromatic carbocycles. The summed E-state index contributed by atoms with van der Waals surface area (Å²) in [4.78, 5) is 18.9. The summed E-state index contributed by atoms with van der Waals surface area (Å²) in [6.45, 7) is 1.08. The maximum atomic E-state index is 9.90. The summed E-state index contributed by atoms with van der Waals surface area (Å²) in [5, 5.41) is 15.9. The quantitative estimate of drug-likeness (QED) is 0.493. The van der Waals surface area contributed by atoms with Gasteiger partial charge in [-0.2, -0.15) is 0 Å². The third-order valence-corrected chi connectivity index (χ3v) is 1.99. The Hall–Kier alpha value is 0.350. The van der Waals surface area contributed by atoms with Crippen LogP contribution in [0.2, 0.25) is 0 Å². The van der Waals surface area contributed by atoms with Crippen molar-refractivity contribution in [1.82, 2.24) is 0 Å². The maximum Gasteiger partial charge on any atom is 1.00 e. The second-order valence-electron chi connectivity index (χ2n) is 3.50. The molecule has 2 saturated carbocycles. The van der Waals surface area contributed by atoms with Gasteiger partial charge in [-0.25, -0.2) is 11.9 Å². The van der Waals surface area contributed by atoms with Crippen LogP contribution in [-0.2, 0) is 9.59 Å². The number of carbonyl (C=O) groups excluding carboxylic acids is 1. The van der Waals surface area contributed by atoms with Crippen LogP contribution in [0.25, 0.3) is 0 Å². The zero-order chi connectivity index (χ0) is 13.0. The van der Waals surface area contributed by atoms with Crippen LogP contribution >= 0.6 is 11.9 Å². The molecule has 0 aromatic rings. The fourth-order valence-electron chi connectivity index (χ4n) is 0.708. The molecule has 0 unspecified atom stereocenters. The second-order valence-corrected chi connectivity index (χ2v) is 3.50. The Morgan fingerprint density at radius 3 is 1.53 bits per heavy atom. The van der Waals surface area contributed by atoms with E-state index in [0.717, 1.165) is 39.0 Å². The topological polar surface area (TPSA) is 97.7 Å². The van der Waals surface area contributed by atoms with Gasteiger partial charge < -0.3 is 14.9 Å². The molecule has 2 fully saturated rings. The van der Waals surface area contributed by atoms with E-state index < -0.39 is 5.97 Å². The predicted molar refractivity (Wildman–Crippen MR) is 57.9 cm³/mol. The molecule has 0 radical (unpaired) electrons. The third-order valence-electron chi connectivity index (χ3n) is 1.99. The predicted octanol–water partition coefficient (Wildman–Crippen LogP) is -2.13. The van der Waals surface area contributed by atoms with E-state index in [9.17, 15) is 4.79 Å². The maximum absolute atomic E-state index is 9.90. The van der Waals surface area contributed by atoms with Crippen LogP contribution in [-0.4, -0.2) is 28.1 Å². The molecule has 0 aliphatic heterocycles. The van der Waals surface area contributed by atoms with Crippen molar-refractivity contribution in [3.8, 4) is 0 Å². The van der Waals surface area contributed by atoms with Crippen LogP contribution in [0.4, 0.5) is 0 Å². The van der Waals surface area contributed by atoms with Crippen molar-refractivity contribution in [3.05, 3.63) is 0 Å². The average Bonchev–Trinajstić information content (AvgIpc) is 2.15. The van der Waals surface area contributed by atoms with Gasteiger partial charge in [0.25, 0.3) is 5.97 Å². The number of carbonyl (C=O) groups is 2. The van der Waals surface area contributed by atoms with Crippen LogP contribution in [0, 0.1) is 0 Å². The molecule has 7 heteroatoms. The molecule has 2 aliphatic carbocycles. The summed E-state index contributed by atoms with van der Waals surface area (Å²) >= 11 is 3.39. The minimum Gasteiger partial charge on any atom is -0.769 e. The number of carboxylic acid groups (broad SMARTS) is 1. The number of rotatable bonds is 0. The number of hydrogen-bond donors (Lipinski definition) is 2. The molecule has 2 N–H and O–H groups in total. The van der Waals surface area contributed by atoms with Crippen molar-refractivity contribution in [2.45, 2.75) is 51.6 Å². The van der Waals surface area contributed by atoms with Crippen LogP contribution < -0.4 is 34.2 Å². The van der Waals surface area contributed by atoms with Gasteiger partial charge in [0.15, 0.2) is 0 Å². The summed E-state index contributed by atoms with van der Waals surface area (Å²) in [5.74, 6) is -0.398. The third kappa shape index (κ3) is 22.1. The van der Waals surface area contributed by atoms with Crippen molar-refractivity contribution >= 4 is 23.6 Å². The Labute approximate surface area is 129 Å². The molecule has 0 aromatic heterocycles. The molecule has 2 rings (SSSR count). The monoisotopic (exact) mass is 276 g/mol. The first-order valence-electron chi connectivity index (χ1n) is 5.07. The number of Topliss-reactive ketones (excluding diaryl/α,β-unsaturated/α-hetero) is 1. The van der Waals surface area contributed by atoms with Crippen molar-refractivity contribution in [2.24, 2.45) is 0 Å². The number of aliphatic hydroxyl groups is 1. The van der Waals surface area contributed by atoms with Crippen molar-refractivity contribution in [3.63, 3.8) is 0 Å². The van der Waals surface area contributed by atoms with Gasteiger partial charge in [0.05, 0.1) is 6.10 Å². The van der Waals surface area contributed by atoms with Crippen molar-refractivity contribution < 1.29 is 54.0 Å². The fourth-order valence-corrected chi connectivity index (χ4v) is 0.708. The molecule has 17 heavy (non-hydrogen) atoms. The van der Waals surface area contributed by atoms with Crippen LogP contribution in [0.3, 0.4) is 0 Å². The normalized spacial score (nSPS) is 15.9. The Bertz CT molecular complexity index is 187. The Balaban J connectivity index is -0.000000158. The van der Waals surface area contributed by atoms with E-state index in [2.05, 4.69) is 11.9 Å². The zero-order valence-electron chi connectivity index (χ0n) is 10.3. The molecule has 0 saturated heterocycles. The summed E-state index contributed by atoms with van der Waals surface area (Å²) in [7, 11) is 0. The minimum absolute atomic E-state index is 0. The van der Waals surface area contributed by atoms with Gasteiger partial charge in [-0.15, -0.1) is 0 Å². The first-order chi connectivity index (χ1) is 7.52. The molecular weight excluding hydrogens is 259 g/mol. The van der Waals surface area contributed by atoms with E-state index in [0.29, 0.717) is 5.78 Å². The standard InChI is InChI=1S/C4H8O.C4H6O.C2H4O2.ClO.Na/c2*5-4-2-1-3-4;1-2(3)4;1-2;/h4-5H,1-3H2;1-3H2;1H3,(H,3,4);;/q;;;-1;+1. The Morgan fingerprint density at radius 2 is 1.53 bits per heavy atom. The van der Waals surface area contributed by atoms with E-state index in [1.165, 1.54) is 6.42 Å². The smallest absolute Gasteiger partial charge is 0.769 e. The molecule has 0 atom stereocenters. The molecular formula is C10H18ClNaO5. The second kappa shape index (κ2) is 16.4. The summed E-state index contributed by atoms with van der Waals surface area (Å²) in [5.41, 5.74) is 0. The summed E-state index contributed by atoms with van der Waals surface area (Å²) < 4.78 is 7.72. The fraction of sp³-hybridized carbons (Fsp3) is 0.800. The first kappa shape index (κ1) is 22.5. The number of hydrogen-bond acceptors (Lipinski definition) is 4. The van der Waals surface area contributed by atoms with E-state index in [4.69, 9.17) is 19.7 Å². The molecule has 0 amide bonds. The van der Waals surface area contributed by atoms with Gasteiger partial charge in [0.2, 0.25) is 0 Å². The van der Waals surface area contributed by atoms with Crippen LogP contribution in [0.5, 0.6) is 0 Å². The summed E-state index contributed by atoms with van der Waals surface area (Å²) in [6.07, 6.45) is 6.22. The molecule has 5 nitrogen and oxygen atoms in total. The van der Waals surface area contributed by atoms with E-state index >= 15 is 0 Å². The number of aliphatic carboxylic acids is 1. The molecule has 0 bridgehead atoms. The van der Waals surface area contributed by atoms with E-state index in [-0.39, 0.29) is 35.7 Å². The van der Waals surface area contributed by atoms with Crippen molar-refractivity contribution in [2.75, 3.05) is 0 Å². The van der Waals surface area contributed by atoms with Crippen LogP contribution in [0.1, 0.15) is 45.4 Å². The van der Waals surface area contributed by atoms with Gasteiger partial charge >= 0.3 is 29.6 Å². The Morgan fingerprint density at radius 1 is 1.29 bits per heavy atom. The largest absolute Gasteiger partial charge is 1.00 e. The summed E-state index contributed by atoms with van der Waals surface area (Å²) in [6, 6.07) is 0. The zero-order valence-corrected chi connectivity index (χ0v) is 13.1. The Kier molecular flexibility index (Phi) is 21.7. The first-order valence-corrected chi connectivity index (χ1v) is 5.38.